The lowest BCUT2D eigenvalue weighted by atomic mass is 10.1. The third kappa shape index (κ3) is 2.92. The molecule has 3 aromatic rings. The highest BCUT2D eigenvalue weighted by atomic mass is 35.5. The lowest BCUT2D eigenvalue weighted by Crippen LogP contribution is -2.15. The van der Waals surface area contributed by atoms with E-state index in [2.05, 4.69) is 20.9 Å². The van der Waals surface area contributed by atoms with Crippen LogP contribution < -0.4 is 14.4 Å². The quantitative estimate of drug-likeness (QED) is 0.662. The molecule has 0 aliphatic carbocycles. The smallest absolute Gasteiger partial charge is 0.163 e. The molecule has 26 heavy (non-hydrogen) atoms. The van der Waals surface area contributed by atoms with Gasteiger partial charge < -0.3 is 14.4 Å². The standard InChI is InChI=1S/C20H20ClN3O2/c1-12(2)26-19-10-16-15(9-18(19)25-3)20(23-11-22-16)24-7-6-13-4-5-14(21)8-17(13)24/h4-5,8-12H,6-7H2,1-3H3. The van der Waals surface area contributed by atoms with Gasteiger partial charge in [0.25, 0.3) is 0 Å². The summed E-state index contributed by atoms with van der Waals surface area (Å²) >= 11 is 6.22. The van der Waals surface area contributed by atoms with Crippen molar-refractivity contribution in [3.63, 3.8) is 0 Å². The molecular weight excluding hydrogens is 350 g/mol. The van der Waals surface area contributed by atoms with E-state index in [0.29, 0.717) is 11.5 Å². The summed E-state index contributed by atoms with van der Waals surface area (Å²) in [6, 6.07) is 9.86. The van der Waals surface area contributed by atoms with Crippen LogP contribution in [0.25, 0.3) is 10.9 Å². The summed E-state index contributed by atoms with van der Waals surface area (Å²) in [6.07, 6.45) is 2.60. The number of methoxy groups -OCH3 is 1. The molecule has 0 unspecified atom stereocenters. The number of hydrogen-bond acceptors (Lipinski definition) is 5. The molecule has 2 heterocycles. The fourth-order valence-corrected chi connectivity index (χ4v) is 3.51. The molecule has 1 aromatic heterocycles. The molecule has 4 rings (SSSR count). The number of fused-ring (bicyclic) bond motifs is 2. The first-order chi connectivity index (χ1) is 12.6. The number of benzene rings is 2. The van der Waals surface area contributed by atoms with Crippen molar-refractivity contribution in [2.24, 2.45) is 0 Å². The van der Waals surface area contributed by atoms with Gasteiger partial charge >= 0.3 is 0 Å². The zero-order chi connectivity index (χ0) is 18.3. The zero-order valence-electron chi connectivity index (χ0n) is 15.0. The van der Waals surface area contributed by atoms with E-state index in [9.17, 15) is 0 Å². The average Bonchev–Trinajstić information content (AvgIpc) is 3.02. The van der Waals surface area contributed by atoms with E-state index < -0.39 is 0 Å². The second kappa shape index (κ2) is 6.65. The van der Waals surface area contributed by atoms with Crippen LogP contribution in [0, 0.1) is 0 Å². The second-order valence-electron chi connectivity index (χ2n) is 6.56. The van der Waals surface area contributed by atoms with Gasteiger partial charge in [-0.25, -0.2) is 9.97 Å². The summed E-state index contributed by atoms with van der Waals surface area (Å²) < 4.78 is 11.4. The fourth-order valence-electron chi connectivity index (χ4n) is 3.34. The van der Waals surface area contributed by atoms with Crippen LogP contribution in [-0.2, 0) is 6.42 Å². The Kier molecular flexibility index (Phi) is 4.32. The number of aromatic nitrogens is 2. The van der Waals surface area contributed by atoms with E-state index >= 15 is 0 Å². The third-order valence-electron chi connectivity index (χ3n) is 4.46. The highest BCUT2D eigenvalue weighted by Crippen LogP contribution is 2.40. The molecule has 134 valence electrons. The molecule has 0 saturated carbocycles. The predicted octanol–water partition coefficient (Wildman–Crippen LogP) is 4.77. The molecule has 0 saturated heterocycles. The van der Waals surface area contributed by atoms with E-state index in [1.807, 2.05) is 38.1 Å². The van der Waals surface area contributed by atoms with Gasteiger partial charge in [0.1, 0.15) is 12.1 Å². The van der Waals surface area contributed by atoms with Crippen LogP contribution in [0.1, 0.15) is 19.4 Å². The number of hydrogen-bond donors (Lipinski definition) is 0. The monoisotopic (exact) mass is 369 g/mol. The highest BCUT2D eigenvalue weighted by Gasteiger charge is 2.24. The fraction of sp³-hybridized carbons (Fsp3) is 0.300. The minimum Gasteiger partial charge on any atom is -0.493 e. The Morgan fingerprint density at radius 1 is 1.12 bits per heavy atom. The third-order valence-corrected chi connectivity index (χ3v) is 4.70. The topological polar surface area (TPSA) is 47.5 Å². The van der Waals surface area contributed by atoms with Gasteiger partial charge in [-0.2, -0.15) is 0 Å². The maximum atomic E-state index is 6.22. The number of halogens is 1. The molecule has 0 fully saturated rings. The Labute approximate surface area is 157 Å². The minimum atomic E-state index is 0.0512. The highest BCUT2D eigenvalue weighted by molar-refractivity contribution is 6.31. The molecule has 2 aromatic carbocycles. The van der Waals surface area contributed by atoms with Gasteiger partial charge in [-0.3, -0.25) is 0 Å². The Balaban J connectivity index is 1.86. The van der Waals surface area contributed by atoms with E-state index in [4.69, 9.17) is 21.1 Å². The van der Waals surface area contributed by atoms with E-state index in [1.54, 1.807) is 13.4 Å². The molecule has 0 radical (unpaired) electrons. The SMILES string of the molecule is COc1cc2c(N3CCc4ccc(Cl)cc43)ncnc2cc1OC(C)C. The Morgan fingerprint density at radius 2 is 1.96 bits per heavy atom. The summed E-state index contributed by atoms with van der Waals surface area (Å²) in [4.78, 5) is 11.2. The predicted molar refractivity (Wildman–Crippen MR) is 104 cm³/mol. The van der Waals surface area contributed by atoms with Crippen molar-refractivity contribution in [1.29, 1.82) is 0 Å². The van der Waals surface area contributed by atoms with Crippen molar-refractivity contribution in [2.75, 3.05) is 18.6 Å². The Morgan fingerprint density at radius 3 is 2.73 bits per heavy atom. The lowest BCUT2D eigenvalue weighted by molar-refractivity contribution is 0.230. The van der Waals surface area contributed by atoms with Gasteiger partial charge in [-0.05, 0) is 44.0 Å². The maximum Gasteiger partial charge on any atom is 0.163 e. The number of rotatable bonds is 4. The number of ether oxygens (including phenoxy) is 2. The van der Waals surface area contributed by atoms with Crippen LogP contribution in [-0.4, -0.2) is 29.7 Å². The molecule has 1 aliphatic rings. The van der Waals surface area contributed by atoms with Gasteiger partial charge in [0.15, 0.2) is 11.5 Å². The maximum absolute atomic E-state index is 6.22. The van der Waals surface area contributed by atoms with Crippen LogP contribution >= 0.6 is 11.6 Å². The molecule has 0 amide bonds. The first kappa shape index (κ1) is 16.9. The van der Waals surface area contributed by atoms with Gasteiger partial charge in [-0.15, -0.1) is 0 Å². The van der Waals surface area contributed by atoms with Crippen LogP contribution in [0.5, 0.6) is 11.5 Å². The average molecular weight is 370 g/mol. The molecule has 1 aliphatic heterocycles. The number of nitrogens with zero attached hydrogens (tertiary/aromatic N) is 3. The zero-order valence-corrected chi connectivity index (χ0v) is 15.7. The first-order valence-corrected chi connectivity index (χ1v) is 9.00. The molecule has 0 N–H and O–H groups in total. The van der Waals surface area contributed by atoms with Gasteiger partial charge in [-0.1, -0.05) is 17.7 Å². The Hall–Kier alpha value is -2.53. The van der Waals surface area contributed by atoms with E-state index in [0.717, 1.165) is 40.4 Å². The summed E-state index contributed by atoms with van der Waals surface area (Å²) in [7, 11) is 1.64. The van der Waals surface area contributed by atoms with Crippen molar-refractivity contribution < 1.29 is 9.47 Å². The van der Waals surface area contributed by atoms with Gasteiger partial charge in [0, 0.05) is 28.7 Å². The van der Waals surface area contributed by atoms with Crippen LogP contribution in [0.4, 0.5) is 11.5 Å². The summed E-state index contributed by atoms with van der Waals surface area (Å²) in [5.41, 5.74) is 3.19. The molecule has 0 atom stereocenters. The summed E-state index contributed by atoms with van der Waals surface area (Å²) in [5, 5.41) is 1.65. The molecule has 5 nitrogen and oxygen atoms in total. The van der Waals surface area contributed by atoms with Crippen molar-refractivity contribution in [3.05, 3.63) is 47.2 Å². The largest absolute Gasteiger partial charge is 0.493 e. The van der Waals surface area contributed by atoms with Crippen molar-refractivity contribution in [2.45, 2.75) is 26.4 Å². The number of anilines is 2. The summed E-state index contributed by atoms with van der Waals surface area (Å²) in [5.74, 6) is 2.21. The van der Waals surface area contributed by atoms with Crippen LogP contribution in [0.3, 0.4) is 0 Å². The first-order valence-electron chi connectivity index (χ1n) is 8.62. The van der Waals surface area contributed by atoms with Crippen molar-refractivity contribution >= 4 is 34.0 Å². The molecule has 6 heteroatoms. The molecule has 0 spiro atoms. The van der Waals surface area contributed by atoms with Crippen LogP contribution in [0.15, 0.2) is 36.7 Å². The van der Waals surface area contributed by atoms with Crippen LogP contribution in [0.2, 0.25) is 5.02 Å². The second-order valence-corrected chi connectivity index (χ2v) is 7.00. The van der Waals surface area contributed by atoms with Crippen molar-refractivity contribution in [1.82, 2.24) is 9.97 Å². The van der Waals surface area contributed by atoms with Gasteiger partial charge in [0.2, 0.25) is 0 Å². The van der Waals surface area contributed by atoms with Gasteiger partial charge in [0.05, 0.1) is 18.7 Å². The van der Waals surface area contributed by atoms with E-state index in [-0.39, 0.29) is 6.10 Å². The summed E-state index contributed by atoms with van der Waals surface area (Å²) in [6.45, 7) is 4.83. The molecule has 0 bridgehead atoms. The van der Waals surface area contributed by atoms with E-state index in [1.165, 1.54) is 5.56 Å². The minimum absolute atomic E-state index is 0.0512. The molecular formula is C20H20ClN3O2. The lowest BCUT2D eigenvalue weighted by Gasteiger charge is -2.21. The Bertz CT molecular complexity index is 975. The normalized spacial score (nSPS) is 13.3. The van der Waals surface area contributed by atoms with Crippen molar-refractivity contribution in [3.8, 4) is 11.5 Å².